The van der Waals surface area contributed by atoms with Crippen LogP contribution in [0.2, 0.25) is 0 Å². The largest absolute Gasteiger partial charge is 0.376 e. The van der Waals surface area contributed by atoms with Gasteiger partial charge in [0.2, 0.25) is 11.8 Å². The lowest BCUT2D eigenvalue weighted by Gasteiger charge is -2.35. The van der Waals surface area contributed by atoms with E-state index < -0.39 is 0 Å². The monoisotopic (exact) mass is 478 g/mol. The lowest BCUT2D eigenvalue weighted by atomic mass is 9.84. The Morgan fingerprint density at radius 2 is 1.74 bits per heavy atom. The number of carbonyl (C=O) groups is 2. The van der Waals surface area contributed by atoms with Crippen LogP contribution in [-0.2, 0) is 19.1 Å². The molecule has 2 heterocycles. The summed E-state index contributed by atoms with van der Waals surface area (Å²) < 4.78 is 12.0. The summed E-state index contributed by atoms with van der Waals surface area (Å²) in [5.74, 6) is 6.28. The van der Waals surface area contributed by atoms with E-state index in [9.17, 15) is 9.59 Å². The first-order chi connectivity index (χ1) is 16.4. The SMILES string of the molecule is CCOC1CC(NC)CCC1OCC(=O)N1CC2CN(C(=O)C3CCC(N)/C(=N/N)C3)CC2C1. The Morgan fingerprint density at radius 3 is 2.38 bits per heavy atom. The van der Waals surface area contributed by atoms with Gasteiger partial charge in [-0.1, -0.05) is 0 Å². The van der Waals surface area contributed by atoms with Gasteiger partial charge in [0.05, 0.1) is 17.9 Å². The summed E-state index contributed by atoms with van der Waals surface area (Å²) in [5.41, 5.74) is 6.78. The van der Waals surface area contributed by atoms with Crippen LogP contribution in [0.5, 0.6) is 0 Å². The van der Waals surface area contributed by atoms with E-state index in [0.717, 1.165) is 37.8 Å². The summed E-state index contributed by atoms with van der Waals surface area (Å²) in [6.07, 6.45) is 4.92. The number of hydrogen-bond acceptors (Lipinski definition) is 8. The predicted octanol–water partition coefficient (Wildman–Crippen LogP) is -0.0925. The molecule has 2 saturated heterocycles. The molecule has 10 heteroatoms. The Labute approximate surface area is 202 Å². The Bertz CT molecular complexity index is 750. The van der Waals surface area contributed by atoms with Gasteiger partial charge >= 0.3 is 0 Å². The lowest BCUT2D eigenvalue weighted by Crippen LogP contribution is -2.46. The maximum atomic E-state index is 13.1. The number of carbonyl (C=O) groups excluding carboxylic acids is 2. The molecule has 0 bridgehead atoms. The van der Waals surface area contributed by atoms with Crippen molar-refractivity contribution in [2.45, 2.75) is 69.7 Å². The highest BCUT2D eigenvalue weighted by Crippen LogP contribution is 2.34. The van der Waals surface area contributed by atoms with Gasteiger partial charge in [-0.15, -0.1) is 0 Å². The van der Waals surface area contributed by atoms with Gasteiger partial charge in [-0.05, 0) is 46.1 Å². The maximum Gasteiger partial charge on any atom is 0.248 e. The molecule has 7 atom stereocenters. The molecular formula is C24H42N6O4. The van der Waals surface area contributed by atoms with Gasteiger partial charge in [0, 0.05) is 69.0 Å². The zero-order valence-electron chi connectivity index (χ0n) is 20.7. The molecule has 7 unspecified atom stereocenters. The minimum atomic E-state index is -0.129. The third-order valence-corrected chi connectivity index (χ3v) is 8.32. The summed E-state index contributed by atoms with van der Waals surface area (Å²) in [7, 11) is 1.98. The number of nitrogens with two attached hydrogens (primary N) is 2. The standard InChI is InChI=1S/C24H42N6O4/c1-3-33-22-9-18(27-2)5-7-21(22)34-14-23(31)29-10-16-12-30(13-17(16)11-29)24(32)15-4-6-19(25)20(8-15)28-26/h15-19,21-22,27H,3-14,25-26H2,1-2H3/b28-20+. The van der Waals surface area contributed by atoms with Crippen LogP contribution < -0.4 is 16.9 Å². The number of hydrazone groups is 1. The van der Waals surface area contributed by atoms with Crippen molar-refractivity contribution in [2.75, 3.05) is 46.4 Å². The lowest BCUT2D eigenvalue weighted by molar-refractivity contribution is -0.145. The van der Waals surface area contributed by atoms with Crippen LogP contribution in [0.3, 0.4) is 0 Å². The Kier molecular flexibility index (Phi) is 8.44. The van der Waals surface area contributed by atoms with Crippen LogP contribution in [0.15, 0.2) is 5.10 Å². The third-order valence-electron chi connectivity index (χ3n) is 8.32. The van der Waals surface area contributed by atoms with Crippen molar-refractivity contribution >= 4 is 17.5 Å². The molecule has 0 spiro atoms. The van der Waals surface area contributed by atoms with Crippen molar-refractivity contribution in [2.24, 2.45) is 34.4 Å². The van der Waals surface area contributed by atoms with Crippen molar-refractivity contribution in [1.29, 1.82) is 0 Å². The van der Waals surface area contributed by atoms with E-state index in [1.54, 1.807) is 0 Å². The molecule has 2 aliphatic heterocycles. The van der Waals surface area contributed by atoms with Gasteiger partial charge in [-0.3, -0.25) is 9.59 Å². The van der Waals surface area contributed by atoms with Crippen molar-refractivity contribution in [1.82, 2.24) is 15.1 Å². The zero-order valence-corrected chi connectivity index (χ0v) is 20.7. The summed E-state index contributed by atoms with van der Waals surface area (Å²) in [5, 5.41) is 7.13. The molecule has 34 heavy (non-hydrogen) atoms. The summed E-state index contributed by atoms with van der Waals surface area (Å²) in [4.78, 5) is 29.9. The second kappa shape index (κ2) is 11.3. The highest BCUT2D eigenvalue weighted by atomic mass is 16.5. The molecule has 2 saturated carbocycles. The maximum absolute atomic E-state index is 13.1. The Balaban J connectivity index is 1.23. The first-order valence-electron chi connectivity index (χ1n) is 12.9. The molecular weight excluding hydrogens is 436 g/mol. The fourth-order valence-corrected chi connectivity index (χ4v) is 6.26. The molecule has 0 radical (unpaired) electrons. The van der Waals surface area contributed by atoms with E-state index in [2.05, 4.69) is 10.4 Å². The van der Waals surface area contributed by atoms with Gasteiger partial charge in [0.25, 0.3) is 0 Å². The topological polar surface area (TPSA) is 136 Å². The average Bonchev–Trinajstić information content (AvgIpc) is 3.43. The molecule has 4 fully saturated rings. The molecule has 0 aromatic rings. The van der Waals surface area contributed by atoms with E-state index in [-0.39, 0.29) is 42.6 Å². The second-order valence-corrected chi connectivity index (χ2v) is 10.4. The highest BCUT2D eigenvalue weighted by Gasteiger charge is 2.45. The van der Waals surface area contributed by atoms with E-state index in [1.165, 1.54) is 0 Å². The average molecular weight is 479 g/mol. The van der Waals surface area contributed by atoms with Crippen molar-refractivity contribution in [3.05, 3.63) is 0 Å². The number of nitrogens with one attached hydrogen (secondary N) is 1. The predicted molar refractivity (Wildman–Crippen MR) is 129 cm³/mol. The molecule has 4 rings (SSSR count). The number of nitrogens with zero attached hydrogens (tertiary/aromatic N) is 3. The number of rotatable bonds is 7. The molecule has 4 aliphatic rings. The van der Waals surface area contributed by atoms with E-state index in [4.69, 9.17) is 21.1 Å². The van der Waals surface area contributed by atoms with Crippen LogP contribution in [-0.4, -0.2) is 98.1 Å². The second-order valence-electron chi connectivity index (χ2n) is 10.4. The van der Waals surface area contributed by atoms with Crippen LogP contribution in [0.4, 0.5) is 0 Å². The third kappa shape index (κ3) is 5.56. The van der Waals surface area contributed by atoms with Gasteiger partial charge in [-0.2, -0.15) is 5.10 Å². The molecule has 5 N–H and O–H groups in total. The summed E-state index contributed by atoms with van der Waals surface area (Å²) >= 11 is 0. The molecule has 0 aromatic carbocycles. The normalized spacial score (nSPS) is 37.3. The van der Waals surface area contributed by atoms with Crippen LogP contribution in [0.25, 0.3) is 0 Å². The molecule has 10 nitrogen and oxygen atoms in total. The van der Waals surface area contributed by atoms with Crippen molar-refractivity contribution in [3.8, 4) is 0 Å². The van der Waals surface area contributed by atoms with Crippen molar-refractivity contribution < 1.29 is 19.1 Å². The Morgan fingerprint density at radius 1 is 1.03 bits per heavy atom. The molecule has 2 aliphatic carbocycles. The first kappa shape index (κ1) is 25.3. The van der Waals surface area contributed by atoms with Crippen LogP contribution in [0.1, 0.15) is 45.4 Å². The fourth-order valence-electron chi connectivity index (χ4n) is 6.26. The number of ether oxygens (including phenoxy) is 2. The quantitative estimate of drug-likeness (QED) is 0.344. The minimum absolute atomic E-state index is 0.0284. The first-order valence-corrected chi connectivity index (χ1v) is 12.9. The summed E-state index contributed by atoms with van der Waals surface area (Å²) in [6.45, 7) is 5.57. The molecule has 2 amide bonds. The van der Waals surface area contributed by atoms with Crippen LogP contribution >= 0.6 is 0 Å². The minimum Gasteiger partial charge on any atom is -0.376 e. The van der Waals surface area contributed by atoms with Crippen LogP contribution in [0, 0.1) is 17.8 Å². The Hall–Kier alpha value is -1.75. The highest BCUT2D eigenvalue weighted by molar-refractivity contribution is 5.94. The van der Waals surface area contributed by atoms with E-state index in [1.807, 2.05) is 23.8 Å². The number of hydrogen-bond donors (Lipinski definition) is 3. The smallest absolute Gasteiger partial charge is 0.248 e. The van der Waals surface area contributed by atoms with Gasteiger partial charge in [0.1, 0.15) is 6.61 Å². The number of fused-ring (bicyclic) bond motifs is 1. The van der Waals surface area contributed by atoms with E-state index >= 15 is 0 Å². The van der Waals surface area contributed by atoms with Gasteiger partial charge < -0.3 is 36.2 Å². The number of amides is 2. The zero-order chi connectivity index (χ0) is 24.2. The van der Waals surface area contributed by atoms with Gasteiger partial charge in [0.15, 0.2) is 0 Å². The van der Waals surface area contributed by atoms with Crippen molar-refractivity contribution in [3.63, 3.8) is 0 Å². The summed E-state index contributed by atoms with van der Waals surface area (Å²) in [6, 6.07) is 0.311. The fraction of sp³-hybridized carbons (Fsp3) is 0.875. The number of likely N-dealkylation sites (tertiary alicyclic amines) is 2. The molecule has 0 aromatic heterocycles. The van der Waals surface area contributed by atoms with Gasteiger partial charge in [-0.25, -0.2) is 0 Å². The molecule has 192 valence electrons. The van der Waals surface area contributed by atoms with E-state index in [0.29, 0.717) is 57.1 Å².